The fourth-order valence-electron chi connectivity index (χ4n) is 2.47. The van der Waals surface area contributed by atoms with Gasteiger partial charge >= 0.3 is 0 Å². The molecule has 1 aromatic carbocycles. The van der Waals surface area contributed by atoms with E-state index in [1.165, 1.54) is 22.7 Å². The largest absolute Gasteiger partial charge is 0.387 e. The van der Waals surface area contributed by atoms with Gasteiger partial charge in [0.1, 0.15) is 5.82 Å². The van der Waals surface area contributed by atoms with Crippen LogP contribution in [0.15, 0.2) is 24.3 Å². The van der Waals surface area contributed by atoms with Crippen LogP contribution in [0.4, 0.5) is 4.39 Å². The summed E-state index contributed by atoms with van der Waals surface area (Å²) in [5, 5.41) is 13.3. The van der Waals surface area contributed by atoms with E-state index < -0.39 is 16.1 Å². The first-order valence-electron chi connectivity index (χ1n) is 6.98. The van der Waals surface area contributed by atoms with Crippen LogP contribution in [-0.4, -0.2) is 49.8 Å². The number of benzene rings is 1. The molecule has 7 heteroatoms. The van der Waals surface area contributed by atoms with E-state index in [9.17, 15) is 17.9 Å². The van der Waals surface area contributed by atoms with Gasteiger partial charge in [0.25, 0.3) is 0 Å². The lowest BCUT2D eigenvalue weighted by Crippen LogP contribution is -2.45. The van der Waals surface area contributed by atoms with Crippen LogP contribution in [0.25, 0.3) is 0 Å². The van der Waals surface area contributed by atoms with E-state index in [0.717, 1.165) is 12.8 Å². The van der Waals surface area contributed by atoms with Crippen LogP contribution in [0.5, 0.6) is 0 Å². The van der Waals surface area contributed by atoms with Gasteiger partial charge in [0, 0.05) is 25.7 Å². The summed E-state index contributed by atoms with van der Waals surface area (Å²) < 4.78 is 37.1. The summed E-state index contributed by atoms with van der Waals surface area (Å²) in [7, 11) is -3.11. The van der Waals surface area contributed by atoms with Gasteiger partial charge < -0.3 is 10.4 Å². The third-order valence-corrected chi connectivity index (χ3v) is 5.08. The molecule has 5 nitrogen and oxygen atoms in total. The molecule has 118 valence electrons. The molecule has 0 spiro atoms. The molecule has 1 fully saturated rings. The number of nitrogens with zero attached hydrogens (tertiary/aromatic N) is 1. The molecule has 1 unspecified atom stereocenters. The van der Waals surface area contributed by atoms with Gasteiger partial charge in [-0.05, 0) is 30.5 Å². The smallest absolute Gasteiger partial charge is 0.211 e. The Morgan fingerprint density at radius 1 is 1.33 bits per heavy atom. The number of halogens is 1. The van der Waals surface area contributed by atoms with E-state index in [0.29, 0.717) is 25.2 Å². The predicted octanol–water partition coefficient (Wildman–Crippen LogP) is 0.873. The maximum absolute atomic E-state index is 12.8. The maximum Gasteiger partial charge on any atom is 0.211 e. The third kappa shape index (κ3) is 4.74. The second kappa shape index (κ2) is 6.83. The highest BCUT2D eigenvalue weighted by Crippen LogP contribution is 2.16. The first-order valence-corrected chi connectivity index (χ1v) is 8.83. The van der Waals surface area contributed by atoms with E-state index in [2.05, 4.69) is 5.32 Å². The number of nitrogens with one attached hydrogen (secondary N) is 1. The van der Waals surface area contributed by atoms with Crippen LogP contribution < -0.4 is 5.32 Å². The minimum Gasteiger partial charge on any atom is -0.387 e. The van der Waals surface area contributed by atoms with Crippen molar-refractivity contribution in [2.24, 2.45) is 0 Å². The van der Waals surface area contributed by atoms with Crippen molar-refractivity contribution in [3.05, 3.63) is 35.6 Å². The molecule has 0 bridgehead atoms. The van der Waals surface area contributed by atoms with Gasteiger partial charge in [-0.1, -0.05) is 12.1 Å². The molecule has 2 rings (SSSR count). The molecule has 21 heavy (non-hydrogen) atoms. The lowest BCUT2D eigenvalue weighted by molar-refractivity contribution is 0.162. The molecular weight excluding hydrogens is 295 g/mol. The van der Waals surface area contributed by atoms with Gasteiger partial charge in [-0.3, -0.25) is 0 Å². The molecule has 0 saturated carbocycles. The summed E-state index contributed by atoms with van der Waals surface area (Å²) in [6.45, 7) is 1.38. The standard InChI is InChI=1S/C14H21FN2O3S/c1-21(19,20)17-8-6-13(7-9-17)16-10-14(18)11-2-4-12(15)5-3-11/h2-5,13-14,16,18H,6-10H2,1H3. The van der Waals surface area contributed by atoms with Gasteiger partial charge in [0.15, 0.2) is 0 Å². The van der Waals surface area contributed by atoms with Gasteiger partial charge in [-0.2, -0.15) is 0 Å². The van der Waals surface area contributed by atoms with Crippen LogP contribution in [0, 0.1) is 5.82 Å². The maximum atomic E-state index is 12.8. The molecule has 2 N–H and O–H groups in total. The van der Waals surface area contributed by atoms with Crippen molar-refractivity contribution in [1.82, 2.24) is 9.62 Å². The molecule has 1 atom stereocenters. The summed E-state index contributed by atoms with van der Waals surface area (Å²) in [4.78, 5) is 0. The van der Waals surface area contributed by atoms with E-state index >= 15 is 0 Å². The Balaban J connectivity index is 1.78. The lowest BCUT2D eigenvalue weighted by atomic mass is 10.1. The van der Waals surface area contributed by atoms with Crippen LogP contribution in [0.3, 0.4) is 0 Å². The van der Waals surface area contributed by atoms with Gasteiger partial charge in [-0.15, -0.1) is 0 Å². The predicted molar refractivity (Wildman–Crippen MR) is 78.8 cm³/mol. The molecule has 0 amide bonds. The Morgan fingerprint density at radius 3 is 2.43 bits per heavy atom. The Labute approximate surface area is 124 Å². The summed E-state index contributed by atoms with van der Waals surface area (Å²) in [6.07, 6.45) is 1.98. The highest BCUT2D eigenvalue weighted by Gasteiger charge is 2.24. The molecule has 0 radical (unpaired) electrons. The number of aliphatic hydroxyl groups excluding tert-OH is 1. The number of sulfonamides is 1. The molecule has 1 heterocycles. The fraction of sp³-hybridized carbons (Fsp3) is 0.571. The lowest BCUT2D eigenvalue weighted by Gasteiger charge is -2.31. The Kier molecular flexibility index (Phi) is 5.32. The van der Waals surface area contributed by atoms with Crippen LogP contribution >= 0.6 is 0 Å². The molecular formula is C14H21FN2O3S. The Morgan fingerprint density at radius 2 is 1.90 bits per heavy atom. The second-order valence-electron chi connectivity index (χ2n) is 5.41. The number of piperidine rings is 1. The molecule has 0 aliphatic carbocycles. The van der Waals surface area contributed by atoms with Crippen molar-refractivity contribution in [3.8, 4) is 0 Å². The van der Waals surface area contributed by atoms with Crippen molar-refractivity contribution in [3.63, 3.8) is 0 Å². The van der Waals surface area contributed by atoms with Crippen molar-refractivity contribution < 1.29 is 17.9 Å². The Bertz CT molecular complexity index is 554. The van der Waals surface area contributed by atoms with Crippen LogP contribution in [0.1, 0.15) is 24.5 Å². The third-order valence-electron chi connectivity index (χ3n) is 3.78. The number of aliphatic hydroxyl groups is 1. The monoisotopic (exact) mass is 316 g/mol. The van der Waals surface area contributed by atoms with Gasteiger partial charge in [0.05, 0.1) is 12.4 Å². The SMILES string of the molecule is CS(=O)(=O)N1CCC(NCC(O)c2ccc(F)cc2)CC1. The average molecular weight is 316 g/mol. The normalized spacial score (nSPS) is 19.6. The molecule has 1 aliphatic heterocycles. The number of hydrogen-bond acceptors (Lipinski definition) is 4. The van der Waals surface area contributed by atoms with E-state index in [1.807, 2.05) is 0 Å². The highest BCUT2D eigenvalue weighted by atomic mass is 32.2. The van der Waals surface area contributed by atoms with E-state index in [1.54, 1.807) is 12.1 Å². The van der Waals surface area contributed by atoms with Crippen molar-refractivity contribution in [2.75, 3.05) is 25.9 Å². The summed E-state index contributed by atoms with van der Waals surface area (Å²) in [5.74, 6) is -0.327. The second-order valence-corrected chi connectivity index (χ2v) is 7.39. The average Bonchev–Trinajstić information content (AvgIpc) is 2.45. The molecule has 1 aromatic rings. The van der Waals surface area contributed by atoms with Gasteiger partial charge in [0.2, 0.25) is 10.0 Å². The zero-order valence-electron chi connectivity index (χ0n) is 12.0. The summed E-state index contributed by atoms with van der Waals surface area (Å²) in [6, 6.07) is 5.96. The highest BCUT2D eigenvalue weighted by molar-refractivity contribution is 7.88. The van der Waals surface area contributed by atoms with Crippen molar-refractivity contribution >= 4 is 10.0 Å². The summed E-state index contributed by atoms with van der Waals surface area (Å²) >= 11 is 0. The number of rotatable bonds is 5. The van der Waals surface area contributed by atoms with Gasteiger partial charge in [-0.25, -0.2) is 17.1 Å². The molecule has 0 aromatic heterocycles. The number of hydrogen-bond donors (Lipinski definition) is 2. The van der Waals surface area contributed by atoms with E-state index in [4.69, 9.17) is 0 Å². The zero-order valence-corrected chi connectivity index (χ0v) is 12.8. The quantitative estimate of drug-likeness (QED) is 0.846. The fourth-order valence-corrected chi connectivity index (χ4v) is 3.35. The minimum absolute atomic E-state index is 0.193. The first kappa shape index (κ1) is 16.4. The Hall–Kier alpha value is -1.02. The topological polar surface area (TPSA) is 69.6 Å². The van der Waals surface area contributed by atoms with Crippen LogP contribution in [-0.2, 0) is 10.0 Å². The minimum atomic E-state index is -3.11. The van der Waals surface area contributed by atoms with E-state index in [-0.39, 0.29) is 11.9 Å². The molecule has 1 saturated heterocycles. The summed E-state index contributed by atoms with van der Waals surface area (Å²) in [5.41, 5.74) is 0.664. The zero-order chi connectivity index (χ0) is 15.5. The van der Waals surface area contributed by atoms with Crippen molar-refractivity contribution in [1.29, 1.82) is 0 Å². The van der Waals surface area contributed by atoms with Crippen LogP contribution in [0.2, 0.25) is 0 Å². The first-order chi connectivity index (χ1) is 9.86. The van der Waals surface area contributed by atoms with Crippen molar-refractivity contribution in [2.45, 2.75) is 25.0 Å². The molecule has 1 aliphatic rings.